The Morgan fingerprint density at radius 3 is 2.89 bits per heavy atom. The third kappa shape index (κ3) is 2.45. The predicted octanol–water partition coefficient (Wildman–Crippen LogP) is 1.60. The summed E-state index contributed by atoms with van der Waals surface area (Å²) in [4.78, 5) is 22.8. The average Bonchev–Trinajstić information content (AvgIpc) is 2.45. The quantitative estimate of drug-likeness (QED) is 0.609. The second-order valence-corrected chi connectivity index (χ2v) is 3.89. The molecule has 1 aromatic carbocycles. The maximum atomic E-state index is 11.8. The lowest BCUT2D eigenvalue weighted by atomic mass is 10.0. The summed E-state index contributed by atoms with van der Waals surface area (Å²) in [6.07, 6.45) is 1.17. The minimum Gasteiger partial charge on any atom is -0.493 e. The smallest absolute Gasteiger partial charge is 0.352 e. The molecule has 5 nitrogen and oxygen atoms in total. The lowest BCUT2D eigenvalue weighted by molar-refractivity contribution is -0.150. The zero-order chi connectivity index (χ0) is 13.8. The molecule has 1 atom stereocenters. The Kier molecular flexibility index (Phi) is 3.85. The van der Waals surface area contributed by atoms with Gasteiger partial charge in [-0.1, -0.05) is 12.1 Å². The van der Waals surface area contributed by atoms with Crippen LogP contribution in [0.3, 0.4) is 0 Å². The van der Waals surface area contributed by atoms with Crippen LogP contribution in [0.2, 0.25) is 0 Å². The van der Waals surface area contributed by atoms with E-state index in [4.69, 9.17) is 14.2 Å². The zero-order valence-corrected chi connectivity index (χ0v) is 10.7. The summed E-state index contributed by atoms with van der Waals surface area (Å²) >= 11 is 0. The summed E-state index contributed by atoms with van der Waals surface area (Å²) < 4.78 is 15.6. The Hall–Kier alpha value is -2.30. The van der Waals surface area contributed by atoms with Crippen LogP contribution in [0.15, 0.2) is 23.8 Å². The molecule has 1 unspecified atom stereocenters. The van der Waals surface area contributed by atoms with Crippen LogP contribution in [-0.4, -0.2) is 32.1 Å². The van der Waals surface area contributed by atoms with Crippen molar-refractivity contribution in [2.75, 3.05) is 13.7 Å². The molecule has 0 aromatic heterocycles. The van der Waals surface area contributed by atoms with E-state index >= 15 is 0 Å². The summed E-state index contributed by atoms with van der Waals surface area (Å²) in [5.74, 6) is 0.360. The number of esters is 1. The van der Waals surface area contributed by atoms with E-state index in [1.165, 1.54) is 7.11 Å². The van der Waals surface area contributed by atoms with Crippen molar-refractivity contribution in [3.05, 3.63) is 29.3 Å². The highest BCUT2D eigenvalue weighted by atomic mass is 16.6. The van der Waals surface area contributed by atoms with Gasteiger partial charge in [0.25, 0.3) is 0 Å². The third-order valence-corrected chi connectivity index (χ3v) is 2.73. The van der Waals surface area contributed by atoms with Gasteiger partial charge in [0, 0.05) is 11.1 Å². The molecule has 1 aromatic rings. The first-order chi connectivity index (χ1) is 9.21. The number of methoxy groups -OCH3 is 1. The van der Waals surface area contributed by atoms with Crippen LogP contribution in [0.5, 0.6) is 11.5 Å². The number of hydrogen-bond donors (Lipinski definition) is 0. The lowest BCUT2D eigenvalue weighted by Gasteiger charge is -2.24. The van der Waals surface area contributed by atoms with Gasteiger partial charge in [-0.15, -0.1) is 0 Å². The number of carbonyl (C=O) groups excluding carboxylic acids is 2. The Labute approximate surface area is 110 Å². The van der Waals surface area contributed by atoms with Gasteiger partial charge in [0.1, 0.15) is 6.29 Å². The number of rotatable bonds is 4. The van der Waals surface area contributed by atoms with Crippen LogP contribution in [0.4, 0.5) is 0 Å². The fourth-order valence-corrected chi connectivity index (χ4v) is 1.87. The average molecular weight is 262 g/mol. The van der Waals surface area contributed by atoms with Gasteiger partial charge in [0.05, 0.1) is 13.7 Å². The molecule has 0 aliphatic carbocycles. The molecule has 0 radical (unpaired) electrons. The standard InChI is InChI=1S/C14H14O5/c1-3-18-14(16)13-10(8-15)7-9-5-4-6-11(17-2)12(9)19-13/h4-8,13H,3H2,1-2H3. The van der Waals surface area contributed by atoms with Crippen LogP contribution < -0.4 is 9.47 Å². The maximum Gasteiger partial charge on any atom is 0.352 e. The molecule has 1 heterocycles. The topological polar surface area (TPSA) is 61.8 Å². The van der Waals surface area contributed by atoms with Crippen molar-refractivity contribution >= 4 is 18.3 Å². The van der Waals surface area contributed by atoms with Crippen molar-refractivity contribution in [3.8, 4) is 11.5 Å². The number of aldehydes is 1. The van der Waals surface area contributed by atoms with Crippen molar-refractivity contribution in [3.63, 3.8) is 0 Å². The van der Waals surface area contributed by atoms with Crippen LogP contribution in [0, 0.1) is 0 Å². The number of benzene rings is 1. The molecule has 1 aliphatic heterocycles. The summed E-state index contributed by atoms with van der Waals surface area (Å²) in [5, 5.41) is 0. The molecular formula is C14H14O5. The molecule has 0 saturated heterocycles. The van der Waals surface area contributed by atoms with Gasteiger partial charge in [-0.2, -0.15) is 0 Å². The molecule has 0 N–H and O–H groups in total. The van der Waals surface area contributed by atoms with Crippen LogP contribution in [0.25, 0.3) is 6.08 Å². The fourth-order valence-electron chi connectivity index (χ4n) is 1.87. The van der Waals surface area contributed by atoms with Crippen molar-refractivity contribution in [1.29, 1.82) is 0 Å². The van der Waals surface area contributed by atoms with E-state index in [1.807, 2.05) is 0 Å². The molecule has 0 saturated carbocycles. The van der Waals surface area contributed by atoms with Crippen LogP contribution >= 0.6 is 0 Å². The maximum absolute atomic E-state index is 11.8. The molecule has 19 heavy (non-hydrogen) atoms. The SMILES string of the molecule is CCOC(=O)C1Oc2c(cccc2OC)C=C1C=O. The van der Waals surface area contributed by atoms with E-state index < -0.39 is 12.1 Å². The molecule has 1 aliphatic rings. The molecule has 0 amide bonds. The molecule has 0 fully saturated rings. The summed E-state index contributed by atoms with van der Waals surface area (Å²) in [6, 6.07) is 5.29. The van der Waals surface area contributed by atoms with Crippen molar-refractivity contribution < 1.29 is 23.8 Å². The second-order valence-electron chi connectivity index (χ2n) is 3.89. The van der Waals surface area contributed by atoms with Crippen molar-refractivity contribution in [1.82, 2.24) is 0 Å². The lowest BCUT2D eigenvalue weighted by Crippen LogP contribution is -2.34. The van der Waals surface area contributed by atoms with Crippen molar-refractivity contribution in [2.45, 2.75) is 13.0 Å². The fraction of sp³-hybridized carbons (Fsp3) is 0.286. The molecule has 0 bridgehead atoms. The van der Waals surface area contributed by atoms with E-state index in [2.05, 4.69) is 0 Å². The molecular weight excluding hydrogens is 248 g/mol. The molecule has 0 spiro atoms. The predicted molar refractivity (Wildman–Crippen MR) is 68.1 cm³/mol. The molecule has 100 valence electrons. The normalized spacial score (nSPS) is 16.7. The number of ether oxygens (including phenoxy) is 3. The minimum atomic E-state index is -1.04. The van der Waals surface area contributed by atoms with Gasteiger partial charge in [0.2, 0.25) is 6.10 Å². The molecule has 5 heteroatoms. The van der Waals surface area contributed by atoms with Gasteiger partial charge >= 0.3 is 5.97 Å². The Morgan fingerprint density at radius 2 is 2.26 bits per heavy atom. The first kappa shape index (κ1) is 13.1. The summed E-state index contributed by atoms with van der Waals surface area (Å²) in [5.41, 5.74) is 0.932. The van der Waals surface area contributed by atoms with E-state index in [0.29, 0.717) is 23.3 Å². The van der Waals surface area contributed by atoms with E-state index in [9.17, 15) is 9.59 Å². The van der Waals surface area contributed by atoms with E-state index in [1.54, 1.807) is 31.2 Å². The van der Waals surface area contributed by atoms with Crippen molar-refractivity contribution in [2.24, 2.45) is 0 Å². The van der Waals surface area contributed by atoms with Gasteiger partial charge in [-0.25, -0.2) is 4.79 Å². The highest BCUT2D eigenvalue weighted by Crippen LogP contribution is 2.37. The Bertz CT molecular complexity index is 533. The highest BCUT2D eigenvalue weighted by molar-refractivity contribution is 5.95. The van der Waals surface area contributed by atoms with Crippen LogP contribution in [-0.2, 0) is 14.3 Å². The highest BCUT2D eigenvalue weighted by Gasteiger charge is 2.31. The second kappa shape index (κ2) is 5.56. The summed E-state index contributed by atoms with van der Waals surface area (Å²) in [7, 11) is 1.51. The Balaban J connectivity index is 2.42. The number of para-hydroxylation sites is 1. The largest absolute Gasteiger partial charge is 0.493 e. The monoisotopic (exact) mass is 262 g/mol. The number of hydrogen-bond acceptors (Lipinski definition) is 5. The summed E-state index contributed by atoms with van der Waals surface area (Å²) in [6.45, 7) is 1.92. The molecule has 2 rings (SSSR count). The first-order valence-electron chi connectivity index (χ1n) is 5.88. The first-order valence-corrected chi connectivity index (χ1v) is 5.88. The minimum absolute atomic E-state index is 0.226. The Morgan fingerprint density at radius 1 is 1.47 bits per heavy atom. The van der Waals surface area contributed by atoms with Gasteiger partial charge in [-0.05, 0) is 19.1 Å². The van der Waals surface area contributed by atoms with Gasteiger partial charge in [0.15, 0.2) is 11.5 Å². The zero-order valence-electron chi connectivity index (χ0n) is 10.7. The van der Waals surface area contributed by atoms with Gasteiger partial charge in [-0.3, -0.25) is 4.79 Å². The third-order valence-electron chi connectivity index (χ3n) is 2.73. The number of carbonyl (C=O) groups is 2. The van der Waals surface area contributed by atoms with E-state index in [-0.39, 0.29) is 12.2 Å². The van der Waals surface area contributed by atoms with Crippen LogP contribution in [0.1, 0.15) is 12.5 Å². The number of fused-ring (bicyclic) bond motifs is 1. The van der Waals surface area contributed by atoms with Gasteiger partial charge < -0.3 is 14.2 Å². The van der Waals surface area contributed by atoms with E-state index in [0.717, 1.165) is 0 Å².